The van der Waals surface area contributed by atoms with E-state index >= 15 is 0 Å². The van der Waals surface area contributed by atoms with Gasteiger partial charge in [0.05, 0.1) is 38.1 Å². The topological polar surface area (TPSA) is 48.0 Å². The summed E-state index contributed by atoms with van der Waals surface area (Å²) in [7, 11) is 0. The molecule has 2 fully saturated rings. The van der Waals surface area contributed by atoms with Crippen molar-refractivity contribution in [3.63, 3.8) is 0 Å². The molecule has 0 bridgehead atoms. The Morgan fingerprint density at radius 2 is 2.08 bits per heavy atom. The number of ether oxygens (including phenoxy) is 3. The molecule has 2 heterocycles. The molecule has 0 aromatic heterocycles. The molecule has 0 radical (unpaired) electrons. The van der Waals surface area contributed by atoms with Crippen LogP contribution in [-0.4, -0.2) is 62.0 Å². The average molecular weight is 333 g/mol. The molecular formula is C19H27NO4. The fourth-order valence-corrected chi connectivity index (χ4v) is 3.55. The van der Waals surface area contributed by atoms with Crippen LogP contribution < -0.4 is 0 Å². The van der Waals surface area contributed by atoms with E-state index in [1.165, 1.54) is 5.56 Å². The molecule has 24 heavy (non-hydrogen) atoms. The van der Waals surface area contributed by atoms with Crippen LogP contribution >= 0.6 is 0 Å². The zero-order chi connectivity index (χ0) is 17.0. The first-order valence-electron chi connectivity index (χ1n) is 8.86. The van der Waals surface area contributed by atoms with Crippen molar-refractivity contribution in [2.24, 2.45) is 0 Å². The summed E-state index contributed by atoms with van der Waals surface area (Å²) >= 11 is 0. The maximum absolute atomic E-state index is 13.1. The maximum Gasteiger partial charge on any atom is 0.254 e. The normalized spacial score (nSPS) is 26.9. The van der Waals surface area contributed by atoms with Crippen LogP contribution in [0.5, 0.6) is 0 Å². The van der Waals surface area contributed by atoms with Gasteiger partial charge in [-0.15, -0.1) is 0 Å². The molecule has 1 aromatic rings. The van der Waals surface area contributed by atoms with E-state index in [4.69, 9.17) is 14.2 Å². The van der Waals surface area contributed by atoms with E-state index in [9.17, 15) is 4.79 Å². The van der Waals surface area contributed by atoms with Gasteiger partial charge in [-0.1, -0.05) is 19.1 Å². The summed E-state index contributed by atoms with van der Waals surface area (Å²) in [5.41, 5.74) is 1.62. The lowest BCUT2D eigenvalue weighted by atomic mass is 9.92. The lowest BCUT2D eigenvalue weighted by Crippen LogP contribution is -2.59. The monoisotopic (exact) mass is 333 g/mol. The zero-order valence-electron chi connectivity index (χ0n) is 14.6. The molecule has 132 valence electrons. The molecule has 2 saturated heterocycles. The standard InChI is InChI=1S/C19H27NO4/c1-3-15-5-7-16(8-6-15)18(21)20-9-10-23-13-19(20)11-17(24-14-19)12-22-4-2/h5-8,17H,3-4,9-14H2,1-2H3/t17-,19-/m1/s1. The third-order valence-corrected chi connectivity index (χ3v) is 4.96. The highest BCUT2D eigenvalue weighted by Crippen LogP contribution is 2.34. The third kappa shape index (κ3) is 3.48. The minimum Gasteiger partial charge on any atom is -0.379 e. The van der Waals surface area contributed by atoms with Gasteiger partial charge in [0.1, 0.15) is 0 Å². The maximum atomic E-state index is 13.1. The number of nitrogens with zero attached hydrogens (tertiary/aromatic N) is 1. The predicted octanol–water partition coefficient (Wildman–Crippen LogP) is 2.29. The minimum atomic E-state index is -0.361. The van der Waals surface area contributed by atoms with E-state index in [1.54, 1.807) is 0 Å². The Morgan fingerprint density at radius 3 is 2.79 bits per heavy atom. The van der Waals surface area contributed by atoms with E-state index in [0.717, 1.165) is 18.4 Å². The molecule has 1 spiro atoms. The molecule has 1 amide bonds. The Morgan fingerprint density at radius 1 is 1.29 bits per heavy atom. The Hall–Kier alpha value is -1.43. The Labute approximate surface area is 143 Å². The summed E-state index contributed by atoms with van der Waals surface area (Å²) < 4.78 is 17.1. The fraction of sp³-hybridized carbons (Fsp3) is 0.632. The number of carbonyl (C=O) groups excluding carboxylic acids is 1. The molecule has 5 heteroatoms. The smallest absolute Gasteiger partial charge is 0.254 e. The minimum absolute atomic E-state index is 0.0319. The number of carbonyl (C=O) groups is 1. The van der Waals surface area contributed by atoms with E-state index in [-0.39, 0.29) is 17.6 Å². The molecule has 0 unspecified atom stereocenters. The van der Waals surface area contributed by atoms with Crippen LogP contribution in [0.4, 0.5) is 0 Å². The predicted molar refractivity (Wildman–Crippen MR) is 91.3 cm³/mol. The summed E-state index contributed by atoms with van der Waals surface area (Å²) in [6, 6.07) is 7.92. The van der Waals surface area contributed by atoms with Gasteiger partial charge in [-0.05, 0) is 31.0 Å². The van der Waals surface area contributed by atoms with Crippen molar-refractivity contribution in [1.82, 2.24) is 4.90 Å². The van der Waals surface area contributed by atoms with Gasteiger partial charge in [-0.2, -0.15) is 0 Å². The van der Waals surface area contributed by atoms with Crippen LogP contribution in [0.25, 0.3) is 0 Å². The van der Waals surface area contributed by atoms with Gasteiger partial charge < -0.3 is 19.1 Å². The quantitative estimate of drug-likeness (QED) is 0.829. The molecule has 0 N–H and O–H groups in total. The van der Waals surface area contributed by atoms with Gasteiger partial charge in [0.25, 0.3) is 5.91 Å². The second-order valence-electron chi connectivity index (χ2n) is 6.58. The highest BCUT2D eigenvalue weighted by Gasteiger charge is 2.49. The van der Waals surface area contributed by atoms with Gasteiger partial charge >= 0.3 is 0 Å². The molecule has 1 aromatic carbocycles. The van der Waals surface area contributed by atoms with Gasteiger partial charge in [-0.25, -0.2) is 0 Å². The van der Waals surface area contributed by atoms with E-state index in [1.807, 2.05) is 36.1 Å². The number of aryl methyl sites for hydroxylation is 1. The molecule has 0 aliphatic carbocycles. The lowest BCUT2D eigenvalue weighted by Gasteiger charge is -2.43. The third-order valence-electron chi connectivity index (χ3n) is 4.96. The number of benzene rings is 1. The van der Waals surface area contributed by atoms with E-state index < -0.39 is 0 Å². The van der Waals surface area contributed by atoms with Crippen molar-refractivity contribution in [2.75, 3.05) is 39.6 Å². The molecule has 2 aliphatic heterocycles. The summed E-state index contributed by atoms with van der Waals surface area (Å²) in [5, 5.41) is 0. The lowest BCUT2D eigenvalue weighted by molar-refractivity contribution is -0.0559. The van der Waals surface area contributed by atoms with E-state index in [2.05, 4.69) is 6.92 Å². The van der Waals surface area contributed by atoms with Crippen LogP contribution in [0.1, 0.15) is 36.2 Å². The van der Waals surface area contributed by atoms with Crippen molar-refractivity contribution in [2.45, 2.75) is 38.3 Å². The Balaban J connectivity index is 1.75. The van der Waals surface area contributed by atoms with Gasteiger partial charge in [0.15, 0.2) is 0 Å². The van der Waals surface area contributed by atoms with Crippen molar-refractivity contribution < 1.29 is 19.0 Å². The van der Waals surface area contributed by atoms with Gasteiger partial charge in [-0.3, -0.25) is 4.79 Å². The number of hydrogen-bond acceptors (Lipinski definition) is 4. The van der Waals surface area contributed by atoms with Crippen molar-refractivity contribution in [3.8, 4) is 0 Å². The Bertz CT molecular complexity index is 559. The SMILES string of the molecule is CCOC[C@H]1C[C@@]2(COCCN2C(=O)c2ccc(CC)cc2)CO1. The van der Waals surface area contributed by atoms with Crippen LogP contribution in [0, 0.1) is 0 Å². The molecule has 5 nitrogen and oxygen atoms in total. The molecule has 2 aliphatic rings. The summed E-state index contributed by atoms with van der Waals surface area (Å²) in [4.78, 5) is 15.0. The van der Waals surface area contributed by atoms with Crippen molar-refractivity contribution >= 4 is 5.91 Å². The van der Waals surface area contributed by atoms with Crippen molar-refractivity contribution in [1.29, 1.82) is 0 Å². The van der Waals surface area contributed by atoms with Crippen molar-refractivity contribution in [3.05, 3.63) is 35.4 Å². The first kappa shape index (κ1) is 17.4. The highest BCUT2D eigenvalue weighted by atomic mass is 16.5. The summed E-state index contributed by atoms with van der Waals surface area (Å²) in [5.74, 6) is 0.0709. The molecule has 3 rings (SSSR count). The van der Waals surface area contributed by atoms with Crippen LogP contribution in [0.2, 0.25) is 0 Å². The largest absolute Gasteiger partial charge is 0.379 e. The number of rotatable bonds is 5. The van der Waals surface area contributed by atoms with E-state index in [0.29, 0.717) is 39.6 Å². The molecule has 0 saturated carbocycles. The first-order chi connectivity index (χ1) is 11.7. The van der Waals surface area contributed by atoms with Crippen LogP contribution in [0.3, 0.4) is 0 Å². The van der Waals surface area contributed by atoms with Gasteiger partial charge in [0.2, 0.25) is 0 Å². The summed E-state index contributed by atoms with van der Waals surface area (Å²) in [6.07, 6.45) is 1.78. The molecular weight excluding hydrogens is 306 g/mol. The van der Waals surface area contributed by atoms with Crippen LogP contribution in [-0.2, 0) is 20.6 Å². The van der Waals surface area contributed by atoms with Crippen LogP contribution in [0.15, 0.2) is 24.3 Å². The number of morpholine rings is 1. The first-order valence-corrected chi connectivity index (χ1v) is 8.86. The number of hydrogen-bond donors (Lipinski definition) is 0. The van der Waals surface area contributed by atoms with Gasteiger partial charge in [0, 0.05) is 25.1 Å². The zero-order valence-corrected chi connectivity index (χ0v) is 14.6. The second kappa shape index (κ2) is 7.64. The number of amides is 1. The summed E-state index contributed by atoms with van der Waals surface area (Å²) in [6.45, 7) is 7.58. The second-order valence-corrected chi connectivity index (χ2v) is 6.58. The Kier molecular flexibility index (Phi) is 5.54. The average Bonchev–Trinajstić information content (AvgIpc) is 3.03. The molecule has 2 atom stereocenters. The fourth-order valence-electron chi connectivity index (χ4n) is 3.55. The highest BCUT2D eigenvalue weighted by molar-refractivity contribution is 5.95.